The zero-order valence-corrected chi connectivity index (χ0v) is 14.8. The summed E-state index contributed by atoms with van der Waals surface area (Å²) in [6.07, 6.45) is 2.35. The molecule has 0 aliphatic carbocycles. The van der Waals surface area contributed by atoms with E-state index in [1.165, 1.54) is 11.3 Å². The minimum atomic E-state index is -0.372. The van der Waals surface area contributed by atoms with E-state index in [4.69, 9.17) is 4.74 Å². The second-order valence-electron chi connectivity index (χ2n) is 5.25. The molecule has 0 saturated carbocycles. The van der Waals surface area contributed by atoms with E-state index in [0.29, 0.717) is 13.0 Å². The number of methoxy groups -OCH3 is 1. The van der Waals surface area contributed by atoms with Gasteiger partial charge in [-0.15, -0.1) is 11.3 Å². The maximum atomic E-state index is 12.8. The molecule has 2 aromatic rings. The Bertz CT molecular complexity index is 634. The van der Waals surface area contributed by atoms with Crippen LogP contribution in [0.1, 0.15) is 18.4 Å². The molecule has 6 nitrogen and oxygen atoms in total. The summed E-state index contributed by atoms with van der Waals surface area (Å²) in [5, 5.41) is 15.3. The van der Waals surface area contributed by atoms with E-state index in [9.17, 15) is 9.90 Å². The van der Waals surface area contributed by atoms with Crippen LogP contribution < -0.4 is 10.1 Å². The zero-order chi connectivity index (χ0) is 17.4. The van der Waals surface area contributed by atoms with Crippen molar-refractivity contribution in [2.75, 3.05) is 25.6 Å². The van der Waals surface area contributed by atoms with Crippen LogP contribution in [0.5, 0.6) is 5.75 Å². The summed E-state index contributed by atoms with van der Waals surface area (Å²) < 4.78 is 5.21. The summed E-state index contributed by atoms with van der Waals surface area (Å²) in [5.41, 5.74) is 0.827. The van der Waals surface area contributed by atoms with E-state index < -0.39 is 0 Å². The molecule has 0 aliphatic rings. The third-order valence-electron chi connectivity index (χ3n) is 3.61. The van der Waals surface area contributed by atoms with Crippen LogP contribution in [-0.4, -0.2) is 47.2 Å². The summed E-state index contributed by atoms with van der Waals surface area (Å²) in [6, 6.07) is 7.11. The molecule has 130 valence electrons. The number of nitrogens with zero attached hydrogens (tertiary/aromatic N) is 2. The van der Waals surface area contributed by atoms with Gasteiger partial charge in [0.25, 0.3) is 0 Å². The number of rotatable bonds is 9. The van der Waals surface area contributed by atoms with E-state index in [2.05, 4.69) is 10.3 Å². The normalized spacial score (nSPS) is 11.8. The molecule has 0 radical (unpaired) electrons. The first-order valence-electron chi connectivity index (χ1n) is 7.86. The van der Waals surface area contributed by atoms with E-state index in [-0.39, 0.29) is 25.1 Å². The van der Waals surface area contributed by atoms with Gasteiger partial charge in [0.2, 0.25) is 5.91 Å². The standard InChI is InChI=1S/C17H23N3O3S/c1-3-15(19-13-5-4-6-14(11-13)23-2)17(22)20(8-9-21)12-16-18-7-10-24-16/h4-7,10-11,15,19,21H,3,8-9,12H2,1-2H3/t15-/m0/s1. The number of thiazole rings is 1. The Morgan fingerprint density at radius 2 is 2.33 bits per heavy atom. The number of anilines is 1. The van der Waals surface area contributed by atoms with Crippen molar-refractivity contribution in [3.05, 3.63) is 40.8 Å². The van der Waals surface area contributed by atoms with E-state index in [0.717, 1.165) is 16.4 Å². The molecule has 1 amide bonds. The van der Waals surface area contributed by atoms with Gasteiger partial charge in [0.1, 0.15) is 16.8 Å². The van der Waals surface area contributed by atoms with Gasteiger partial charge in [0.05, 0.1) is 20.3 Å². The fourth-order valence-electron chi connectivity index (χ4n) is 2.36. The molecule has 1 heterocycles. The molecule has 2 N–H and O–H groups in total. The summed E-state index contributed by atoms with van der Waals surface area (Å²) in [6.45, 7) is 2.57. The Hall–Kier alpha value is -2.12. The zero-order valence-electron chi connectivity index (χ0n) is 13.9. The van der Waals surface area contributed by atoms with Crippen molar-refractivity contribution in [3.8, 4) is 5.75 Å². The van der Waals surface area contributed by atoms with E-state index >= 15 is 0 Å². The molecule has 0 unspecified atom stereocenters. The number of ether oxygens (including phenoxy) is 1. The van der Waals surface area contributed by atoms with Crippen LogP contribution >= 0.6 is 11.3 Å². The highest BCUT2D eigenvalue weighted by Gasteiger charge is 2.23. The third kappa shape index (κ3) is 4.94. The number of aliphatic hydroxyl groups is 1. The lowest BCUT2D eigenvalue weighted by Gasteiger charge is -2.27. The van der Waals surface area contributed by atoms with Crippen LogP contribution in [0.3, 0.4) is 0 Å². The monoisotopic (exact) mass is 349 g/mol. The van der Waals surface area contributed by atoms with Crippen molar-refractivity contribution in [3.63, 3.8) is 0 Å². The third-order valence-corrected chi connectivity index (χ3v) is 4.37. The van der Waals surface area contributed by atoms with Crippen molar-refractivity contribution >= 4 is 22.9 Å². The topological polar surface area (TPSA) is 74.7 Å². The lowest BCUT2D eigenvalue weighted by molar-refractivity contribution is -0.133. The summed E-state index contributed by atoms with van der Waals surface area (Å²) in [5.74, 6) is 0.682. The number of carbonyl (C=O) groups is 1. The second kappa shape index (κ2) is 9.24. The number of hydrogen-bond donors (Lipinski definition) is 2. The Kier molecular flexibility index (Phi) is 7.02. The molecule has 1 atom stereocenters. The fraction of sp³-hybridized carbons (Fsp3) is 0.412. The van der Waals surface area contributed by atoms with Crippen LogP contribution in [0.15, 0.2) is 35.8 Å². The van der Waals surface area contributed by atoms with Crippen LogP contribution in [0.4, 0.5) is 5.69 Å². The lowest BCUT2D eigenvalue weighted by Crippen LogP contribution is -2.43. The molecule has 1 aromatic heterocycles. The van der Waals surface area contributed by atoms with Crippen LogP contribution in [0.2, 0.25) is 0 Å². The van der Waals surface area contributed by atoms with Crippen LogP contribution in [-0.2, 0) is 11.3 Å². The molecular formula is C17H23N3O3S. The molecule has 1 aromatic carbocycles. The predicted molar refractivity (Wildman–Crippen MR) is 95.3 cm³/mol. The van der Waals surface area contributed by atoms with Gasteiger partial charge in [0.15, 0.2) is 0 Å². The number of hydrogen-bond acceptors (Lipinski definition) is 6. The number of aromatic nitrogens is 1. The van der Waals surface area contributed by atoms with Crippen LogP contribution in [0, 0.1) is 0 Å². The van der Waals surface area contributed by atoms with Gasteiger partial charge in [-0.1, -0.05) is 13.0 Å². The Labute approximate surface area is 146 Å². The van der Waals surface area contributed by atoms with Crippen molar-refractivity contribution in [2.24, 2.45) is 0 Å². The molecule has 0 fully saturated rings. The Balaban J connectivity index is 2.09. The first-order valence-corrected chi connectivity index (χ1v) is 8.74. The molecular weight excluding hydrogens is 326 g/mol. The van der Waals surface area contributed by atoms with E-state index in [1.807, 2.05) is 36.6 Å². The first-order chi connectivity index (χ1) is 11.7. The Morgan fingerprint density at radius 1 is 1.50 bits per heavy atom. The molecule has 0 spiro atoms. The molecule has 24 heavy (non-hydrogen) atoms. The van der Waals surface area contributed by atoms with Gasteiger partial charge in [-0.25, -0.2) is 4.98 Å². The smallest absolute Gasteiger partial charge is 0.245 e. The molecule has 0 aliphatic heterocycles. The number of nitrogens with one attached hydrogen (secondary N) is 1. The number of carbonyl (C=O) groups excluding carboxylic acids is 1. The molecule has 7 heteroatoms. The summed E-state index contributed by atoms with van der Waals surface area (Å²) in [4.78, 5) is 18.7. The molecule has 0 saturated heterocycles. The SMILES string of the molecule is CC[C@H](Nc1cccc(OC)c1)C(=O)N(CCO)Cc1nccs1. The minimum Gasteiger partial charge on any atom is -0.497 e. The quantitative estimate of drug-likeness (QED) is 0.727. The maximum absolute atomic E-state index is 12.8. The average molecular weight is 349 g/mol. The largest absolute Gasteiger partial charge is 0.497 e. The number of amides is 1. The second-order valence-corrected chi connectivity index (χ2v) is 6.23. The van der Waals surface area contributed by atoms with Gasteiger partial charge < -0.3 is 20.1 Å². The summed E-state index contributed by atoms with van der Waals surface area (Å²) >= 11 is 1.50. The van der Waals surface area contributed by atoms with E-state index in [1.54, 1.807) is 18.2 Å². The highest BCUT2D eigenvalue weighted by Crippen LogP contribution is 2.19. The highest BCUT2D eigenvalue weighted by molar-refractivity contribution is 7.09. The molecule has 2 rings (SSSR count). The molecule has 0 bridgehead atoms. The van der Waals surface area contributed by atoms with Gasteiger partial charge >= 0.3 is 0 Å². The van der Waals surface area contributed by atoms with Gasteiger partial charge in [-0.05, 0) is 18.6 Å². The predicted octanol–water partition coefficient (Wildman–Crippen LogP) is 2.36. The first kappa shape index (κ1) is 18.2. The van der Waals surface area contributed by atoms with Crippen molar-refractivity contribution in [1.82, 2.24) is 9.88 Å². The average Bonchev–Trinajstić information content (AvgIpc) is 3.12. The lowest BCUT2D eigenvalue weighted by atomic mass is 10.1. The van der Waals surface area contributed by atoms with Crippen molar-refractivity contribution in [1.29, 1.82) is 0 Å². The van der Waals surface area contributed by atoms with Crippen LogP contribution in [0.25, 0.3) is 0 Å². The van der Waals surface area contributed by atoms with Gasteiger partial charge in [0, 0.05) is 29.9 Å². The maximum Gasteiger partial charge on any atom is 0.245 e. The van der Waals surface area contributed by atoms with Gasteiger partial charge in [-0.2, -0.15) is 0 Å². The van der Waals surface area contributed by atoms with Crippen molar-refractivity contribution < 1.29 is 14.6 Å². The fourth-order valence-corrected chi connectivity index (χ4v) is 2.99. The number of benzene rings is 1. The highest BCUT2D eigenvalue weighted by atomic mass is 32.1. The minimum absolute atomic E-state index is 0.0513. The number of aliphatic hydroxyl groups excluding tert-OH is 1. The summed E-state index contributed by atoms with van der Waals surface area (Å²) in [7, 11) is 1.61. The Morgan fingerprint density at radius 3 is 2.96 bits per heavy atom. The van der Waals surface area contributed by atoms with Crippen molar-refractivity contribution in [2.45, 2.75) is 25.9 Å². The van der Waals surface area contributed by atoms with Gasteiger partial charge in [-0.3, -0.25) is 4.79 Å².